The topological polar surface area (TPSA) is 29.5 Å². The van der Waals surface area contributed by atoms with Gasteiger partial charge in [-0.05, 0) is 87.7 Å². The van der Waals surface area contributed by atoms with Crippen molar-refractivity contribution >= 4 is 79.4 Å². The third-order valence-electron chi connectivity index (χ3n) is 10.3. The second-order valence-corrected chi connectivity index (χ2v) is 17.7. The van der Waals surface area contributed by atoms with Crippen LogP contribution in [0.5, 0.6) is 0 Å². The number of hydrogen-bond acceptors (Lipinski definition) is 3. The molecule has 0 spiro atoms. The number of fused-ring (bicyclic) bond motifs is 10. The summed E-state index contributed by atoms with van der Waals surface area (Å²) in [6, 6.07) is 54.4. The Bertz CT molecular complexity index is 2700. The second kappa shape index (κ2) is 10.1. The van der Waals surface area contributed by atoms with Gasteiger partial charge in [-0.15, -0.1) is 0 Å². The molecule has 9 aromatic rings. The van der Waals surface area contributed by atoms with Crippen molar-refractivity contribution in [1.82, 2.24) is 0 Å². The van der Waals surface area contributed by atoms with E-state index in [1.54, 1.807) is 0 Å². The Morgan fingerprint density at radius 2 is 1.04 bits per heavy atom. The van der Waals surface area contributed by atoms with Crippen LogP contribution < -0.4 is 15.3 Å². The van der Waals surface area contributed by atoms with Crippen LogP contribution in [0.2, 0.25) is 13.1 Å². The zero-order valence-electron chi connectivity index (χ0n) is 26.7. The van der Waals surface area contributed by atoms with Gasteiger partial charge in [-0.2, -0.15) is 0 Å². The number of hydrogen-bond donors (Lipinski definition) is 0. The van der Waals surface area contributed by atoms with E-state index in [0.29, 0.717) is 0 Å². The first kappa shape index (κ1) is 27.3. The van der Waals surface area contributed by atoms with Crippen molar-refractivity contribution in [2.45, 2.75) is 13.1 Å². The van der Waals surface area contributed by atoms with Gasteiger partial charge >= 0.3 is 0 Å². The standard InChI is InChI=1S/C44H31NO2Si/c1-48(2)41-25-24-36-34-13-7-9-15-39(34)47-44(36)43(41)37-23-21-32(27-42(37)48)45(30-10-4-3-5-11-30)31-19-16-28(17-20-31)29-18-22-35-33-12-6-8-14-38(33)46-40(35)26-29/h3-27H,1-2H3. The fourth-order valence-electron chi connectivity index (χ4n) is 7.86. The van der Waals surface area contributed by atoms with Gasteiger partial charge in [-0.25, -0.2) is 0 Å². The van der Waals surface area contributed by atoms with Crippen molar-refractivity contribution in [2.75, 3.05) is 4.90 Å². The number of anilines is 3. The molecule has 0 atom stereocenters. The normalized spacial score (nSPS) is 13.4. The van der Waals surface area contributed by atoms with E-state index >= 15 is 0 Å². The van der Waals surface area contributed by atoms with Crippen LogP contribution in [0.3, 0.4) is 0 Å². The molecule has 0 fully saturated rings. The average molecular weight is 634 g/mol. The minimum atomic E-state index is -2.01. The summed E-state index contributed by atoms with van der Waals surface area (Å²) in [5.41, 5.74) is 12.1. The molecule has 4 heteroatoms. The Morgan fingerprint density at radius 1 is 0.438 bits per heavy atom. The van der Waals surface area contributed by atoms with Gasteiger partial charge in [0, 0.05) is 44.2 Å². The summed E-state index contributed by atoms with van der Waals surface area (Å²) in [5.74, 6) is 0. The van der Waals surface area contributed by atoms with Crippen LogP contribution in [-0.4, -0.2) is 8.07 Å². The SMILES string of the molecule is C[Si]1(C)c2cc(N(c3ccccc3)c3ccc(-c4ccc5c(c4)oc4ccccc45)cc3)ccc2-c2c1ccc1c2oc2ccccc21. The lowest BCUT2D eigenvalue weighted by atomic mass is 10.0. The second-order valence-electron chi connectivity index (χ2n) is 13.3. The van der Waals surface area contributed by atoms with Gasteiger partial charge < -0.3 is 13.7 Å². The zero-order valence-corrected chi connectivity index (χ0v) is 27.7. The van der Waals surface area contributed by atoms with Crippen LogP contribution in [0.1, 0.15) is 0 Å². The van der Waals surface area contributed by atoms with Gasteiger partial charge in [0.15, 0.2) is 0 Å². The Kier molecular flexibility index (Phi) is 5.73. The summed E-state index contributed by atoms with van der Waals surface area (Å²) in [4.78, 5) is 2.37. The van der Waals surface area contributed by atoms with Crippen molar-refractivity contribution in [3.8, 4) is 22.3 Å². The molecular formula is C44H31NO2Si. The molecular weight excluding hydrogens is 603 g/mol. The van der Waals surface area contributed by atoms with E-state index < -0.39 is 8.07 Å². The summed E-state index contributed by atoms with van der Waals surface area (Å²) in [6.45, 7) is 4.94. The van der Waals surface area contributed by atoms with E-state index in [9.17, 15) is 0 Å². The third-order valence-corrected chi connectivity index (χ3v) is 13.8. The van der Waals surface area contributed by atoms with Gasteiger partial charge in [0.1, 0.15) is 30.4 Å². The molecule has 1 aliphatic rings. The van der Waals surface area contributed by atoms with E-state index in [2.05, 4.69) is 151 Å². The first-order valence-corrected chi connectivity index (χ1v) is 19.5. The van der Waals surface area contributed by atoms with Crippen LogP contribution in [-0.2, 0) is 0 Å². The van der Waals surface area contributed by atoms with E-state index in [1.807, 2.05) is 18.2 Å². The molecule has 0 saturated heterocycles. The van der Waals surface area contributed by atoms with Crippen molar-refractivity contribution in [3.63, 3.8) is 0 Å². The molecule has 228 valence electrons. The molecule has 7 aromatic carbocycles. The zero-order chi connectivity index (χ0) is 32.0. The molecule has 0 saturated carbocycles. The number of nitrogens with zero attached hydrogens (tertiary/aromatic N) is 1. The fourth-order valence-corrected chi connectivity index (χ4v) is 10.9. The first-order chi connectivity index (χ1) is 23.5. The largest absolute Gasteiger partial charge is 0.456 e. The van der Waals surface area contributed by atoms with Crippen molar-refractivity contribution in [3.05, 3.63) is 152 Å². The van der Waals surface area contributed by atoms with Crippen molar-refractivity contribution in [1.29, 1.82) is 0 Å². The predicted octanol–water partition coefficient (Wildman–Crippen LogP) is 11.4. The van der Waals surface area contributed by atoms with Gasteiger partial charge in [0.05, 0.1) is 0 Å². The highest BCUT2D eigenvalue weighted by molar-refractivity contribution is 7.04. The van der Waals surface area contributed by atoms with Crippen LogP contribution in [0.15, 0.2) is 160 Å². The molecule has 48 heavy (non-hydrogen) atoms. The molecule has 10 rings (SSSR count). The summed E-state index contributed by atoms with van der Waals surface area (Å²) in [7, 11) is -2.01. The molecule has 3 heterocycles. The Balaban J connectivity index is 1.08. The van der Waals surface area contributed by atoms with Crippen molar-refractivity contribution in [2.24, 2.45) is 0 Å². The maximum Gasteiger partial charge on any atom is 0.143 e. The predicted molar refractivity (Wildman–Crippen MR) is 203 cm³/mol. The summed E-state index contributed by atoms with van der Waals surface area (Å²) >= 11 is 0. The van der Waals surface area contributed by atoms with Crippen LogP contribution in [0.4, 0.5) is 17.1 Å². The van der Waals surface area contributed by atoms with Gasteiger partial charge in [0.2, 0.25) is 0 Å². The molecule has 0 aliphatic carbocycles. The Morgan fingerprint density at radius 3 is 1.83 bits per heavy atom. The molecule has 2 aromatic heterocycles. The number of benzene rings is 7. The summed E-state index contributed by atoms with van der Waals surface area (Å²) in [5, 5.41) is 7.55. The number of furan rings is 2. The lowest BCUT2D eigenvalue weighted by Gasteiger charge is -2.27. The first-order valence-electron chi connectivity index (χ1n) is 16.5. The highest BCUT2D eigenvalue weighted by atomic mass is 28.3. The van der Waals surface area contributed by atoms with E-state index in [-0.39, 0.29) is 0 Å². The molecule has 0 radical (unpaired) electrons. The number of rotatable bonds is 4. The fraction of sp³-hybridized carbons (Fsp3) is 0.0455. The lowest BCUT2D eigenvalue weighted by molar-refractivity contribution is 0.669. The highest BCUT2D eigenvalue weighted by Crippen LogP contribution is 2.42. The molecule has 0 bridgehead atoms. The summed E-state index contributed by atoms with van der Waals surface area (Å²) < 4.78 is 12.8. The summed E-state index contributed by atoms with van der Waals surface area (Å²) in [6.07, 6.45) is 0. The van der Waals surface area contributed by atoms with Crippen LogP contribution >= 0.6 is 0 Å². The van der Waals surface area contributed by atoms with Gasteiger partial charge in [-0.3, -0.25) is 0 Å². The molecule has 3 nitrogen and oxygen atoms in total. The Hall–Kier alpha value is -5.84. The van der Waals surface area contributed by atoms with Crippen molar-refractivity contribution < 1.29 is 8.83 Å². The third kappa shape index (κ3) is 3.93. The van der Waals surface area contributed by atoms with E-state index in [0.717, 1.165) is 61.3 Å². The highest BCUT2D eigenvalue weighted by Gasteiger charge is 2.40. The quantitative estimate of drug-likeness (QED) is 0.181. The van der Waals surface area contributed by atoms with Crippen LogP contribution in [0, 0.1) is 0 Å². The molecule has 1 aliphatic heterocycles. The van der Waals surface area contributed by atoms with Crippen LogP contribution in [0.25, 0.3) is 66.1 Å². The lowest BCUT2D eigenvalue weighted by Crippen LogP contribution is -2.49. The minimum Gasteiger partial charge on any atom is -0.456 e. The average Bonchev–Trinajstić information content (AvgIpc) is 3.76. The maximum absolute atomic E-state index is 6.55. The van der Waals surface area contributed by atoms with Gasteiger partial charge in [0.25, 0.3) is 0 Å². The monoisotopic (exact) mass is 633 g/mol. The Labute approximate surface area is 279 Å². The van der Waals surface area contributed by atoms with Gasteiger partial charge in [-0.1, -0.05) is 104 Å². The minimum absolute atomic E-state index is 0.912. The maximum atomic E-state index is 6.55. The van der Waals surface area contributed by atoms with E-state index in [1.165, 1.54) is 32.3 Å². The smallest absolute Gasteiger partial charge is 0.143 e. The number of para-hydroxylation sites is 3. The molecule has 0 N–H and O–H groups in total. The van der Waals surface area contributed by atoms with E-state index in [4.69, 9.17) is 8.83 Å². The molecule has 0 amide bonds. The molecule has 0 unspecified atom stereocenters.